The first-order chi connectivity index (χ1) is 2.41. The van der Waals surface area contributed by atoms with Gasteiger partial charge in [-0.15, -0.1) is 0 Å². The fourth-order valence-electron chi connectivity index (χ4n) is 0.158. The number of hydrogen-bond acceptors (Lipinski definition) is 1. The van der Waals surface area contributed by atoms with Crippen molar-refractivity contribution in [2.45, 2.75) is 19.8 Å². The molecule has 34 valence electrons. The first-order valence-corrected chi connectivity index (χ1v) is 2.02. The predicted octanol–water partition coefficient (Wildman–Crippen LogP) is 0.776. The molecule has 2 heteroatoms. The molecule has 0 radical (unpaired) electrons. The van der Waals surface area contributed by atoms with Crippen molar-refractivity contribution in [2.75, 3.05) is 6.61 Å². The summed E-state index contributed by atoms with van der Waals surface area (Å²) in [5, 5.41) is 8.07. The number of hydrogen-bond donors (Lipinski definition) is 1. The van der Waals surface area contributed by atoms with Crippen molar-refractivity contribution < 1.29 is 32.4 Å². The molecule has 0 aromatic heterocycles. The van der Waals surface area contributed by atoms with Crippen LogP contribution in [0.5, 0.6) is 0 Å². The minimum Gasteiger partial charge on any atom is -0.396 e. The van der Waals surface area contributed by atoms with Crippen LogP contribution < -0.4 is 0 Å². The van der Waals surface area contributed by atoms with E-state index in [0.29, 0.717) is 6.61 Å². The summed E-state index contributed by atoms with van der Waals surface area (Å²) in [7, 11) is 0. The molecule has 0 heterocycles. The number of aliphatic hydroxyl groups is 1. The molecule has 0 saturated carbocycles. The molecule has 1 N–H and O–H groups in total. The topological polar surface area (TPSA) is 20.2 Å². The summed E-state index contributed by atoms with van der Waals surface area (Å²) in [5.41, 5.74) is 0. The zero-order valence-electron chi connectivity index (χ0n) is 4.28. The SMILES string of the molecule is CCCCO.[Cd]. The largest absolute Gasteiger partial charge is 0.396 e. The van der Waals surface area contributed by atoms with Crippen molar-refractivity contribution >= 4 is 0 Å². The molecule has 0 aliphatic rings. The molecular weight excluding hydrogens is 176 g/mol. The van der Waals surface area contributed by atoms with Gasteiger partial charge in [-0.3, -0.25) is 0 Å². The maximum absolute atomic E-state index is 8.07. The molecule has 0 rings (SSSR count). The van der Waals surface area contributed by atoms with E-state index in [0.717, 1.165) is 12.8 Å². The van der Waals surface area contributed by atoms with Crippen LogP contribution in [0.15, 0.2) is 0 Å². The molecule has 6 heavy (non-hydrogen) atoms. The van der Waals surface area contributed by atoms with Gasteiger partial charge in [-0.1, -0.05) is 13.3 Å². The van der Waals surface area contributed by atoms with Crippen LogP contribution in [0.2, 0.25) is 0 Å². The molecule has 0 saturated heterocycles. The third kappa shape index (κ3) is 8.86. The van der Waals surface area contributed by atoms with Crippen LogP contribution in [-0.2, 0) is 27.3 Å². The van der Waals surface area contributed by atoms with Crippen LogP contribution in [0, 0.1) is 0 Å². The fraction of sp³-hybridized carbons (Fsp3) is 1.00. The summed E-state index contributed by atoms with van der Waals surface area (Å²) in [4.78, 5) is 0. The van der Waals surface area contributed by atoms with E-state index in [4.69, 9.17) is 5.11 Å². The third-order valence-electron chi connectivity index (χ3n) is 0.512. The van der Waals surface area contributed by atoms with Gasteiger partial charge in [-0.05, 0) is 6.42 Å². The molecule has 0 aromatic rings. The van der Waals surface area contributed by atoms with Crippen molar-refractivity contribution in [3.63, 3.8) is 0 Å². The maximum Gasteiger partial charge on any atom is 0.0430 e. The monoisotopic (exact) mass is 188 g/mol. The van der Waals surface area contributed by atoms with Gasteiger partial charge < -0.3 is 5.11 Å². The van der Waals surface area contributed by atoms with E-state index in [1.807, 2.05) is 0 Å². The van der Waals surface area contributed by atoms with E-state index in [1.54, 1.807) is 0 Å². The van der Waals surface area contributed by atoms with Gasteiger partial charge in [0.1, 0.15) is 0 Å². The van der Waals surface area contributed by atoms with E-state index in [1.165, 1.54) is 0 Å². The summed E-state index contributed by atoms with van der Waals surface area (Å²) in [6.45, 7) is 2.40. The van der Waals surface area contributed by atoms with E-state index in [-0.39, 0.29) is 27.3 Å². The summed E-state index contributed by atoms with van der Waals surface area (Å²) in [6, 6.07) is 0. The molecule has 0 unspecified atom stereocenters. The van der Waals surface area contributed by atoms with Crippen molar-refractivity contribution in [1.29, 1.82) is 0 Å². The second-order valence-electron chi connectivity index (χ2n) is 1.08. The Kier molecular flexibility index (Phi) is 15.5. The molecule has 0 fully saturated rings. The minimum atomic E-state index is 0. The Labute approximate surface area is 58.9 Å². The molecule has 1 nitrogen and oxygen atoms in total. The molecular formula is C4H10CdO. The summed E-state index contributed by atoms with van der Waals surface area (Å²) < 4.78 is 0. The summed E-state index contributed by atoms with van der Waals surface area (Å²) >= 11 is 0. The minimum absolute atomic E-state index is 0. The van der Waals surface area contributed by atoms with Gasteiger partial charge in [0.2, 0.25) is 0 Å². The molecule has 0 amide bonds. The molecule has 0 bridgehead atoms. The zero-order valence-corrected chi connectivity index (χ0v) is 8.31. The molecule has 0 atom stereocenters. The Morgan fingerprint density at radius 1 is 1.50 bits per heavy atom. The first-order valence-electron chi connectivity index (χ1n) is 2.02. The average molecular weight is 187 g/mol. The van der Waals surface area contributed by atoms with Crippen molar-refractivity contribution in [3.8, 4) is 0 Å². The summed E-state index contributed by atoms with van der Waals surface area (Å²) in [6.07, 6.45) is 2.04. The van der Waals surface area contributed by atoms with Gasteiger partial charge >= 0.3 is 0 Å². The van der Waals surface area contributed by atoms with Crippen LogP contribution >= 0.6 is 0 Å². The van der Waals surface area contributed by atoms with Crippen molar-refractivity contribution in [2.24, 2.45) is 0 Å². The third-order valence-corrected chi connectivity index (χ3v) is 0.512. The number of rotatable bonds is 2. The van der Waals surface area contributed by atoms with Gasteiger partial charge in [0.15, 0.2) is 0 Å². The number of unbranched alkanes of at least 4 members (excludes halogenated alkanes) is 1. The predicted molar refractivity (Wildman–Crippen MR) is 22.0 cm³/mol. The van der Waals surface area contributed by atoms with E-state index in [2.05, 4.69) is 6.92 Å². The molecule has 0 spiro atoms. The Hall–Kier alpha value is 0.882. The standard InChI is InChI=1S/C4H10O.Cd/c1-2-3-4-5;/h5H,2-4H2,1H3;. The van der Waals surface area contributed by atoms with E-state index < -0.39 is 0 Å². The molecule has 0 aliphatic heterocycles. The Morgan fingerprint density at radius 3 is 2.00 bits per heavy atom. The second-order valence-corrected chi connectivity index (χ2v) is 1.08. The van der Waals surface area contributed by atoms with E-state index >= 15 is 0 Å². The van der Waals surface area contributed by atoms with Gasteiger partial charge in [0.25, 0.3) is 0 Å². The smallest absolute Gasteiger partial charge is 0.0430 e. The Balaban J connectivity index is 0. The zero-order chi connectivity index (χ0) is 4.12. The van der Waals surface area contributed by atoms with Crippen LogP contribution in [0.25, 0.3) is 0 Å². The normalized spacial score (nSPS) is 7.00. The summed E-state index contributed by atoms with van der Waals surface area (Å²) in [5.74, 6) is 0. The van der Waals surface area contributed by atoms with Crippen molar-refractivity contribution in [1.82, 2.24) is 0 Å². The van der Waals surface area contributed by atoms with Gasteiger partial charge in [-0.2, -0.15) is 0 Å². The quantitative estimate of drug-likeness (QED) is 0.632. The van der Waals surface area contributed by atoms with Gasteiger partial charge in [-0.25, -0.2) is 0 Å². The van der Waals surface area contributed by atoms with Crippen molar-refractivity contribution in [3.05, 3.63) is 0 Å². The van der Waals surface area contributed by atoms with Gasteiger partial charge in [0.05, 0.1) is 0 Å². The Morgan fingerprint density at radius 2 is 2.00 bits per heavy atom. The first kappa shape index (κ1) is 9.99. The second kappa shape index (κ2) is 9.30. The molecule has 0 aromatic carbocycles. The molecule has 0 aliphatic carbocycles. The van der Waals surface area contributed by atoms with Crippen LogP contribution in [0.4, 0.5) is 0 Å². The van der Waals surface area contributed by atoms with Gasteiger partial charge in [0, 0.05) is 33.9 Å². The van der Waals surface area contributed by atoms with Crippen LogP contribution in [0.3, 0.4) is 0 Å². The number of aliphatic hydroxyl groups excluding tert-OH is 1. The fourth-order valence-corrected chi connectivity index (χ4v) is 0.158. The van der Waals surface area contributed by atoms with Crippen LogP contribution in [-0.4, -0.2) is 11.7 Å². The average Bonchev–Trinajstić information content (AvgIpc) is 1.41. The Bertz CT molecular complexity index is 15.0. The van der Waals surface area contributed by atoms with Crippen LogP contribution in [0.1, 0.15) is 19.8 Å². The van der Waals surface area contributed by atoms with E-state index in [9.17, 15) is 0 Å². The maximum atomic E-state index is 8.07.